The second-order valence-electron chi connectivity index (χ2n) is 4.84. The standard InChI is InChI=1S/C15H19ClN2O2/c1-4-5-9(2)14-13(15(17)20-18-14)11-8-10(16)6-7-12(11)19-3/h6-9H,4-5,17H2,1-3H3. The summed E-state index contributed by atoms with van der Waals surface area (Å²) in [4.78, 5) is 0. The topological polar surface area (TPSA) is 61.3 Å². The number of ether oxygens (including phenoxy) is 1. The van der Waals surface area contributed by atoms with Gasteiger partial charge in [-0.15, -0.1) is 0 Å². The highest BCUT2D eigenvalue weighted by molar-refractivity contribution is 6.31. The van der Waals surface area contributed by atoms with Crippen LogP contribution in [0.4, 0.5) is 5.88 Å². The van der Waals surface area contributed by atoms with E-state index in [0.717, 1.165) is 29.7 Å². The van der Waals surface area contributed by atoms with Crippen molar-refractivity contribution in [3.8, 4) is 16.9 Å². The summed E-state index contributed by atoms with van der Waals surface area (Å²) in [6.45, 7) is 4.25. The van der Waals surface area contributed by atoms with Crippen molar-refractivity contribution in [2.45, 2.75) is 32.6 Å². The number of halogens is 1. The summed E-state index contributed by atoms with van der Waals surface area (Å²) in [5.74, 6) is 1.26. The molecule has 0 amide bonds. The molecule has 1 aromatic carbocycles. The lowest BCUT2D eigenvalue weighted by Gasteiger charge is -2.12. The van der Waals surface area contributed by atoms with E-state index in [1.807, 2.05) is 12.1 Å². The minimum atomic E-state index is 0.264. The van der Waals surface area contributed by atoms with Crippen LogP contribution in [0.15, 0.2) is 22.7 Å². The number of nitrogens with two attached hydrogens (primary N) is 1. The van der Waals surface area contributed by atoms with Crippen molar-refractivity contribution in [3.63, 3.8) is 0 Å². The van der Waals surface area contributed by atoms with Gasteiger partial charge < -0.3 is 15.0 Å². The van der Waals surface area contributed by atoms with E-state index in [4.69, 9.17) is 26.6 Å². The SMILES string of the molecule is CCCC(C)c1noc(N)c1-c1cc(Cl)ccc1OC. The van der Waals surface area contributed by atoms with Crippen molar-refractivity contribution in [2.75, 3.05) is 12.8 Å². The van der Waals surface area contributed by atoms with Gasteiger partial charge in [-0.1, -0.05) is 37.0 Å². The molecule has 0 saturated carbocycles. The Morgan fingerprint density at radius 1 is 1.45 bits per heavy atom. The van der Waals surface area contributed by atoms with Gasteiger partial charge in [-0.3, -0.25) is 0 Å². The Hall–Kier alpha value is -1.68. The van der Waals surface area contributed by atoms with Gasteiger partial charge in [-0.05, 0) is 24.6 Å². The van der Waals surface area contributed by atoms with Gasteiger partial charge in [0.05, 0.1) is 18.4 Å². The molecule has 0 saturated heterocycles. The second kappa shape index (κ2) is 6.18. The Labute approximate surface area is 123 Å². The van der Waals surface area contributed by atoms with E-state index < -0.39 is 0 Å². The number of hydrogen-bond donors (Lipinski definition) is 1. The third kappa shape index (κ3) is 2.75. The van der Waals surface area contributed by atoms with E-state index in [1.165, 1.54) is 0 Å². The van der Waals surface area contributed by atoms with E-state index in [9.17, 15) is 0 Å². The number of aromatic nitrogens is 1. The summed E-state index contributed by atoms with van der Waals surface area (Å²) in [5.41, 5.74) is 8.40. The van der Waals surface area contributed by atoms with E-state index in [1.54, 1.807) is 13.2 Å². The Morgan fingerprint density at radius 3 is 2.85 bits per heavy atom. The number of rotatable bonds is 5. The first-order valence-corrected chi connectivity index (χ1v) is 7.05. The summed E-state index contributed by atoms with van der Waals surface area (Å²) in [6.07, 6.45) is 2.09. The van der Waals surface area contributed by atoms with Crippen LogP contribution in [0.1, 0.15) is 38.3 Å². The van der Waals surface area contributed by atoms with E-state index in [-0.39, 0.29) is 5.92 Å². The van der Waals surface area contributed by atoms with Crippen molar-refractivity contribution >= 4 is 17.5 Å². The van der Waals surface area contributed by atoms with Crippen LogP contribution < -0.4 is 10.5 Å². The quantitative estimate of drug-likeness (QED) is 0.882. The third-order valence-corrected chi connectivity index (χ3v) is 3.60. The maximum Gasteiger partial charge on any atom is 0.230 e. The molecule has 2 aromatic rings. The molecule has 0 radical (unpaired) electrons. The fraction of sp³-hybridized carbons (Fsp3) is 0.400. The molecule has 4 nitrogen and oxygen atoms in total. The number of nitrogen functional groups attached to an aromatic ring is 1. The number of methoxy groups -OCH3 is 1. The molecule has 0 fully saturated rings. The maximum absolute atomic E-state index is 6.09. The molecule has 1 atom stereocenters. The average Bonchev–Trinajstić information content (AvgIpc) is 2.80. The molecule has 0 spiro atoms. The van der Waals surface area contributed by atoms with Gasteiger partial charge in [0.1, 0.15) is 5.75 Å². The normalized spacial score (nSPS) is 12.4. The molecule has 108 valence electrons. The molecule has 2 N–H and O–H groups in total. The zero-order valence-corrected chi connectivity index (χ0v) is 12.7. The fourth-order valence-corrected chi connectivity index (χ4v) is 2.54. The zero-order chi connectivity index (χ0) is 14.7. The van der Waals surface area contributed by atoms with Crippen LogP contribution >= 0.6 is 11.6 Å². The van der Waals surface area contributed by atoms with Gasteiger partial charge in [0.15, 0.2) is 0 Å². The van der Waals surface area contributed by atoms with Crippen LogP contribution in [-0.2, 0) is 0 Å². The number of benzene rings is 1. The lowest BCUT2D eigenvalue weighted by atomic mass is 9.94. The Kier molecular flexibility index (Phi) is 4.55. The van der Waals surface area contributed by atoms with Crippen LogP contribution in [0.3, 0.4) is 0 Å². The zero-order valence-electron chi connectivity index (χ0n) is 11.9. The second-order valence-corrected chi connectivity index (χ2v) is 5.28. The van der Waals surface area contributed by atoms with Crippen LogP contribution in [-0.4, -0.2) is 12.3 Å². The summed E-state index contributed by atoms with van der Waals surface area (Å²) in [6, 6.07) is 5.42. The highest BCUT2D eigenvalue weighted by Gasteiger charge is 2.23. The van der Waals surface area contributed by atoms with Gasteiger partial charge in [-0.2, -0.15) is 0 Å². The summed E-state index contributed by atoms with van der Waals surface area (Å²) < 4.78 is 10.6. The van der Waals surface area contributed by atoms with Crippen LogP contribution in [0.2, 0.25) is 5.02 Å². The number of nitrogens with zero attached hydrogens (tertiary/aromatic N) is 1. The highest BCUT2D eigenvalue weighted by Crippen LogP contribution is 2.41. The largest absolute Gasteiger partial charge is 0.496 e. The molecule has 1 heterocycles. The van der Waals surface area contributed by atoms with Gasteiger partial charge in [0.25, 0.3) is 0 Å². The van der Waals surface area contributed by atoms with Crippen molar-refractivity contribution in [1.82, 2.24) is 5.16 Å². The first kappa shape index (κ1) is 14.7. The van der Waals surface area contributed by atoms with Crippen molar-refractivity contribution in [3.05, 3.63) is 28.9 Å². The molecular weight excluding hydrogens is 276 g/mol. The molecule has 20 heavy (non-hydrogen) atoms. The highest BCUT2D eigenvalue weighted by atomic mass is 35.5. The smallest absolute Gasteiger partial charge is 0.230 e. The molecule has 5 heteroatoms. The van der Waals surface area contributed by atoms with E-state index in [2.05, 4.69) is 19.0 Å². The van der Waals surface area contributed by atoms with Gasteiger partial charge >= 0.3 is 0 Å². The van der Waals surface area contributed by atoms with E-state index >= 15 is 0 Å². The first-order valence-electron chi connectivity index (χ1n) is 6.67. The van der Waals surface area contributed by atoms with Gasteiger partial charge in [0.2, 0.25) is 5.88 Å². The number of anilines is 1. The minimum Gasteiger partial charge on any atom is -0.496 e. The molecule has 0 bridgehead atoms. The minimum absolute atomic E-state index is 0.264. The van der Waals surface area contributed by atoms with Crippen LogP contribution in [0.5, 0.6) is 5.75 Å². The van der Waals surface area contributed by atoms with Crippen molar-refractivity contribution in [1.29, 1.82) is 0 Å². The molecular formula is C15H19ClN2O2. The third-order valence-electron chi connectivity index (χ3n) is 3.36. The molecule has 1 unspecified atom stereocenters. The predicted octanol–water partition coefficient (Wildman–Crippen LogP) is 4.49. The number of hydrogen-bond acceptors (Lipinski definition) is 4. The average molecular weight is 295 g/mol. The molecule has 0 aliphatic rings. The summed E-state index contributed by atoms with van der Waals surface area (Å²) in [7, 11) is 1.62. The van der Waals surface area contributed by atoms with Crippen LogP contribution in [0.25, 0.3) is 11.1 Å². The molecule has 1 aromatic heterocycles. The van der Waals surface area contributed by atoms with Gasteiger partial charge in [-0.25, -0.2) is 0 Å². The Bertz CT molecular complexity index is 596. The lowest BCUT2D eigenvalue weighted by molar-refractivity contribution is 0.416. The lowest BCUT2D eigenvalue weighted by Crippen LogP contribution is -1.98. The first-order chi connectivity index (χ1) is 9.58. The Balaban J connectivity index is 2.57. The molecule has 0 aliphatic carbocycles. The Morgan fingerprint density at radius 2 is 2.20 bits per heavy atom. The van der Waals surface area contributed by atoms with Crippen molar-refractivity contribution in [2.24, 2.45) is 0 Å². The fourth-order valence-electron chi connectivity index (χ4n) is 2.37. The van der Waals surface area contributed by atoms with Crippen LogP contribution in [0, 0.1) is 0 Å². The molecule has 0 aliphatic heterocycles. The maximum atomic E-state index is 6.09. The summed E-state index contributed by atoms with van der Waals surface area (Å²) >= 11 is 6.09. The summed E-state index contributed by atoms with van der Waals surface area (Å²) in [5, 5.41) is 4.74. The monoisotopic (exact) mass is 294 g/mol. The molecule has 2 rings (SSSR count). The predicted molar refractivity (Wildman–Crippen MR) is 81.2 cm³/mol. The van der Waals surface area contributed by atoms with Crippen molar-refractivity contribution < 1.29 is 9.26 Å². The van der Waals surface area contributed by atoms with Gasteiger partial charge in [0, 0.05) is 16.5 Å². The van der Waals surface area contributed by atoms with E-state index in [0.29, 0.717) is 16.7 Å².